The van der Waals surface area contributed by atoms with Crippen LogP contribution >= 0.6 is 27.3 Å². The minimum Gasteiger partial charge on any atom is -0.321 e. The molecule has 0 saturated heterocycles. The summed E-state index contributed by atoms with van der Waals surface area (Å²) in [4.78, 5) is 14.2. The molecule has 0 fully saturated rings. The Balaban J connectivity index is 1.72. The molecule has 0 spiro atoms. The number of para-hydroxylation sites is 1. The Morgan fingerprint density at radius 1 is 1.12 bits per heavy atom. The normalized spacial score (nSPS) is 11.0. The molecule has 0 radical (unpaired) electrons. The van der Waals surface area contributed by atoms with Crippen molar-refractivity contribution >= 4 is 49.1 Å². The van der Waals surface area contributed by atoms with Gasteiger partial charge in [0.05, 0.1) is 16.3 Å². The number of nitrogens with one attached hydrogen (secondary N) is 1. The summed E-state index contributed by atoms with van der Waals surface area (Å²) in [6.45, 7) is 1.96. The standard InChI is InChI=1S/C19H14BrN3OS/c1-12-16-11-17(18(24)21-14-5-3-2-4-6-14)25-19(16)23(22-12)15-9-7-13(20)8-10-15/h2-11H,1H3,(H,21,24). The molecule has 0 saturated carbocycles. The maximum absolute atomic E-state index is 12.5. The van der Waals surface area contributed by atoms with Crippen LogP contribution in [0.3, 0.4) is 0 Å². The van der Waals surface area contributed by atoms with Gasteiger partial charge in [-0.3, -0.25) is 4.79 Å². The number of anilines is 1. The van der Waals surface area contributed by atoms with Gasteiger partial charge in [0, 0.05) is 15.5 Å². The van der Waals surface area contributed by atoms with Crippen molar-refractivity contribution in [1.82, 2.24) is 9.78 Å². The molecule has 0 unspecified atom stereocenters. The van der Waals surface area contributed by atoms with E-state index in [0.717, 1.165) is 31.8 Å². The third-order valence-corrected chi connectivity index (χ3v) is 5.51. The first kappa shape index (κ1) is 16.1. The molecule has 25 heavy (non-hydrogen) atoms. The fraction of sp³-hybridized carbons (Fsp3) is 0.0526. The topological polar surface area (TPSA) is 46.9 Å². The zero-order valence-corrected chi connectivity index (χ0v) is 15.8. The van der Waals surface area contributed by atoms with Gasteiger partial charge in [0.25, 0.3) is 5.91 Å². The van der Waals surface area contributed by atoms with E-state index in [-0.39, 0.29) is 5.91 Å². The molecular formula is C19H14BrN3OS. The van der Waals surface area contributed by atoms with Crippen LogP contribution in [0, 0.1) is 6.92 Å². The Bertz CT molecular complexity index is 1050. The van der Waals surface area contributed by atoms with Crippen molar-refractivity contribution in [3.63, 3.8) is 0 Å². The highest BCUT2D eigenvalue weighted by atomic mass is 79.9. The van der Waals surface area contributed by atoms with Crippen molar-refractivity contribution in [2.45, 2.75) is 6.92 Å². The summed E-state index contributed by atoms with van der Waals surface area (Å²) in [5.41, 5.74) is 2.67. The molecule has 6 heteroatoms. The Labute approximate surface area is 157 Å². The van der Waals surface area contributed by atoms with Gasteiger partial charge in [0.15, 0.2) is 0 Å². The molecule has 0 atom stereocenters. The lowest BCUT2D eigenvalue weighted by molar-refractivity contribution is 0.103. The van der Waals surface area contributed by atoms with Crippen LogP contribution in [0.5, 0.6) is 0 Å². The molecule has 2 aromatic carbocycles. The number of nitrogens with zero attached hydrogens (tertiary/aromatic N) is 2. The van der Waals surface area contributed by atoms with E-state index in [1.54, 1.807) is 0 Å². The number of hydrogen-bond acceptors (Lipinski definition) is 3. The van der Waals surface area contributed by atoms with E-state index in [2.05, 4.69) is 26.3 Å². The third-order valence-electron chi connectivity index (χ3n) is 3.87. The van der Waals surface area contributed by atoms with Crippen molar-refractivity contribution in [1.29, 1.82) is 0 Å². The van der Waals surface area contributed by atoms with E-state index >= 15 is 0 Å². The average molecular weight is 412 g/mol. The Kier molecular flexibility index (Phi) is 4.15. The first-order valence-electron chi connectivity index (χ1n) is 7.73. The SMILES string of the molecule is Cc1nn(-c2ccc(Br)cc2)c2sc(C(=O)Nc3ccccc3)cc12. The summed E-state index contributed by atoms with van der Waals surface area (Å²) in [6.07, 6.45) is 0. The zero-order valence-electron chi connectivity index (χ0n) is 13.4. The number of aromatic nitrogens is 2. The number of fused-ring (bicyclic) bond motifs is 1. The highest BCUT2D eigenvalue weighted by Gasteiger charge is 2.17. The van der Waals surface area contributed by atoms with Gasteiger partial charge in [-0.15, -0.1) is 11.3 Å². The van der Waals surface area contributed by atoms with Crippen molar-refractivity contribution in [2.75, 3.05) is 5.32 Å². The first-order chi connectivity index (χ1) is 12.1. The van der Waals surface area contributed by atoms with E-state index in [1.807, 2.05) is 72.3 Å². The van der Waals surface area contributed by atoms with Gasteiger partial charge in [-0.1, -0.05) is 34.1 Å². The highest BCUT2D eigenvalue weighted by molar-refractivity contribution is 9.10. The van der Waals surface area contributed by atoms with E-state index in [1.165, 1.54) is 11.3 Å². The molecule has 0 aliphatic rings. The van der Waals surface area contributed by atoms with Gasteiger partial charge < -0.3 is 5.32 Å². The van der Waals surface area contributed by atoms with Crippen molar-refractivity contribution in [3.05, 3.63) is 75.7 Å². The first-order valence-corrected chi connectivity index (χ1v) is 9.34. The fourth-order valence-electron chi connectivity index (χ4n) is 2.63. The predicted molar refractivity (Wildman–Crippen MR) is 106 cm³/mol. The molecule has 1 amide bonds. The van der Waals surface area contributed by atoms with E-state index < -0.39 is 0 Å². The average Bonchev–Trinajstić information content (AvgIpc) is 3.18. The van der Waals surface area contributed by atoms with Gasteiger partial charge in [-0.2, -0.15) is 5.10 Å². The van der Waals surface area contributed by atoms with E-state index in [0.29, 0.717) is 4.88 Å². The second kappa shape index (κ2) is 6.46. The van der Waals surface area contributed by atoms with Gasteiger partial charge >= 0.3 is 0 Å². The number of thiophene rings is 1. The maximum Gasteiger partial charge on any atom is 0.265 e. The molecule has 4 nitrogen and oxygen atoms in total. The Hall–Kier alpha value is -2.44. The lowest BCUT2D eigenvalue weighted by Gasteiger charge is -2.03. The zero-order chi connectivity index (χ0) is 17.4. The summed E-state index contributed by atoms with van der Waals surface area (Å²) >= 11 is 4.90. The molecule has 0 aliphatic carbocycles. The maximum atomic E-state index is 12.5. The minimum atomic E-state index is -0.103. The van der Waals surface area contributed by atoms with Crippen molar-refractivity contribution < 1.29 is 4.79 Å². The van der Waals surface area contributed by atoms with E-state index in [9.17, 15) is 4.79 Å². The second-order valence-electron chi connectivity index (χ2n) is 5.62. The van der Waals surface area contributed by atoms with Crippen LogP contribution in [-0.2, 0) is 0 Å². The van der Waals surface area contributed by atoms with Crippen LogP contribution in [0.15, 0.2) is 65.1 Å². The monoisotopic (exact) mass is 411 g/mol. The van der Waals surface area contributed by atoms with Crippen LogP contribution in [0.25, 0.3) is 15.9 Å². The molecular weight excluding hydrogens is 398 g/mol. The summed E-state index contributed by atoms with van der Waals surface area (Å²) < 4.78 is 2.91. The lowest BCUT2D eigenvalue weighted by atomic mass is 10.3. The number of aryl methyl sites for hydroxylation is 1. The van der Waals surface area contributed by atoms with E-state index in [4.69, 9.17) is 0 Å². The minimum absolute atomic E-state index is 0.103. The summed E-state index contributed by atoms with van der Waals surface area (Å²) in [6, 6.07) is 19.3. The molecule has 4 rings (SSSR count). The molecule has 4 aromatic rings. The number of carbonyl (C=O) groups excluding carboxylic acids is 1. The van der Waals surface area contributed by atoms with Gasteiger partial charge in [0.1, 0.15) is 4.83 Å². The molecule has 2 heterocycles. The summed E-state index contributed by atoms with van der Waals surface area (Å²) in [5, 5.41) is 8.55. The molecule has 2 aromatic heterocycles. The van der Waals surface area contributed by atoms with Gasteiger partial charge in [-0.05, 0) is 49.4 Å². The Morgan fingerprint density at radius 2 is 1.84 bits per heavy atom. The molecule has 1 N–H and O–H groups in total. The number of carbonyl (C=O) groups is 1. The summed E-state index contributed by atoms with van der Waals surface area (Å²) in [7, 11) is 0. The Morgan fingerprint density at radius 3 is 2.56 bits per heavy atom. The van der Waals surface area contributed by atoms with Crippen LogP contribution in [-0.4, -0.2) is 15.7 Å². The van der Waals surface area contributed by atoms with Crippen LogP contribution in [0.1, 0.15) is 15.4 Å². The summed E-state index contributed by atoms with van der Waals surface area (Å²) in [5.74, 6) is -0.103. The molecule has 0 aliphatic heterocycles. The number of hydrogen-bond donors (Lipinski definition) is 1. The molecule has 0 bridgehead atoms. The van der Waals surface area contributed by atoms with Crippen molar-refractivity contribution in [3.8, 4) is 5.69 Å². The fourth-order valence-corrected chi connectivity index (χ4v) is 3.97. The van der Waals surface area contributed by atoms with Gasteiger partial charge in [-0.25, -0.2) is 4.68 Å². The number of amides is 1. The smallest absolute Gasteiger partial charge is 0.265 e. The van der Waals surface area contributed by atoms with Crippen LogP contribution in [0.4, 0.5) is 5.69 Å². The number of rotatable bonds is 3. The second-order valence-corrected chi connectivity index (χ2v) is 7.57. The highest BCUT2D eigenvalue weighted by Crippen LogP contribution is 2.31. The predicted octanol–water partition coefficient (Wildman–Crippen LogP) is 5.41. The lowest BCUT2D eigenvalue weighted by Crippen LogP contribution is -2.09. The quantitative estimate of drug-likeness (QED) is 0.489. The third kappa shape index (κ3) is 3.10. The van der Waals surface area contributed by atoms with Crippen molar-refractivity contribution in [2.24, 2.45) is 0 Å². The van der Waals surface area contributed by atoms with Gasteiger partial charge in [0.2, 0.25) is 0 Å². The number of halogens is 1. The van der Waals surface area contributed by atoms with Crippen LogP contribution < -0.4 is 5.32 Å². The number of benzene rings is 2. The van der Waals surface area contributed by atoms with Crippen LogP contribution in [0.2, 0.25) is 0 Å². The molecule has 124 valence electrons. The largest absolute Gasteiger partial charge is 0.321 e.